The number of benzene rings is 2. The molecular weight excluding hydrogens is 242 g/mol. The fourth-order valence-corrected chi connectivity index (χ4v) is 1.90. The number of carbonyl (C=O) groups excluding carboxylic acids is 2. The molecule has 0 aliphatic rings. The standard InChI is InChI=1S/C15H15NO3/c1-10-4-5-12-9-13(7-6-11(12)8-10)16(2)14(17)15(18)19-3/h4-9H,1-3H3. The molecule has 2 aromatic rings. The number of likely N-dealkylation sites (N-methyl/N-ethyl adjacent to an activating group) is 1. The van der Waals surface area contributed by atoms with Crippen molar-refractivity contribution in [1.29, 1.82) is 0 Å². The van der Waals surface area contributed by atoms with Crippen LogP contribution in [0.3, 0.4) is 0 Å². The number of hydrogen-bond donors (Lipinski definition) is 0. The van der Waals surface area contributed by atoms with E-state index >= 15 is 0 Å². The number of ether oxygens (including phenoxy) is 1. The summed E-state index contributed by atoms with van der Waals surface area (Å²) in [6.07, 6.45) is 0. The molecule has 2 aromatic carbocycles. The third-order valence-electron chi connectivity index (χ3n) is 3.03. The minimum atomic E-state index is -0.869. The summed E-state index contributed by atoms with van der Waals surface area (Å²) in [7, 11) is 2.74. The SMILES string of the molecule is COC(=O)C(=O)N(C)c1ccc2cc(C)ccc2c1. The minimum Gasteiger partial charge on any atom is -0.462 e. The smallest absolute Gasteiger partial charge is 0.397 e. The van der Waals surface area contributed by atoms with E-state index in [9.17, 15) is 9.59 Å². The summed E-state index contributed by atoms with van der Waals surface area (Å²) in [5.41, 5.74) is 1.84. The molecule has 0 aromatic heterocycles. The van der Waals surface area contributed by atoms with Gasteiger partial charge in [0.2, 0.25) is 0 Å². The molecule has 0 aliphatic carbocycles. The van der Waals surface area contributed by atoms with Gasteiger partial charge in [-0.25, -0.2) is 4.79 Å². The van der Waals surface area contributed by atoms with Crippen LogP contribution < -0.4 is 4.90 Å². The predicted octanol–water partition coefficient (Wildman–Crippen LogP) is 2.28. The lowest BCUT2D eigenvalue weighted by Gasteiger charge is -2.16. The van der Waals surface area contributed by atoms with Crippen molar-refractivity contribution in [3.05, 3.63) is 42.0 Å². The molecule has 0 atom stereocenters. The second-order valence-corrected chi connectivity index (χ2v) is 4.39. The van der Waals surface area contributed by atoms with Crippen LogP contribution in [0.1, 0.15) is 5.56 Å². The molecule has 0 N–H and O–H groups in total. The topological polar surface area (TPSA) is 46.6 Å². The van der Waals surface area contributed by atoms with Crippen LogP contribution in [0.2, 0.25) is 0 Å². The predicted molar refractivity (Wildman–Crippen MR) is 74.1 cm³/mol. The Morgan fingerprint density at radius 2 is 1.68 bits per heavy atom. The number of rotatable bonds is 1. The molecule has 0 unspecified atom stereocenters. The summed E-state index contributed by atoms with van der Waals surface area (Å²) in [5, 5.41) is 2.12. The molecule has 1 amide bonds. The number of amides is 1. The van der Waals surface area contributed by atoms with Gasteiger partial charge in [-0.15, -0.1) is 0 Å². The monoisotopic (exact) mass is 257 g/mol. The third-order valence-corrected chi connectivity index (χ3v) is 3.03. The molecule has 0 saturated carbocycles. The van der Waals surface area contributed by atoms with Gasteiger partial charge < -0.3 is 9.64 Å². The zero-order chi connectivity index (χ0) is 14.0. The molecule has 2 rings (SSSR count). The van der Waals surface area contributed by atoms with Crippen molar-refractivity contribution in [2.24, 2.45) is 0 Å². The lowest BCUT2D eigenvalue weighted by molar-refractivity contribution is -0.151. The first kappa shape index (κ1) is 13.1. The van der Waals surface area contributed by atoms with Gasteiger partial charge >= 0.3 is 11.9 Å². The van der Waals surface area contributed by atoms with E-state index in [0.717, 1.165) is 10.8 Å². The van der Waals surface area contributed by atoms with Crippen LogP contribution >= 0.6 is 0 Å². The Labute approximate surface area is 111 Å². The number of hydrogen-bond acceptors (Lipinski definition) is 3. The van der Waals surface area contributed by atoms with Gasteiger partial charge in [0.15, 0.2) is 0 Å². The Balaban J connectivity index is 2.38. The van der Waals surface area contributed by atoms with Gasteiger partial charge in [-0.3, -0.25) is 4.79 Å². The molecule has 0 radical (unpaired) electrons. The molecule has 0 saturated heterocycles. The van der Waals surface area contributed by atoms with E-state index in [1.165, 1.54) is 17.6 Å². The van der Waals surface area contributed by atoms with Crippen molar-refractivity contribution in [1.82, 2.24) is 0 Å². The highest BCUT2D eigenvalue weighted by Crippen LogP contribution is 2.22. The largest absolute Gasteiger partial charge is 0.462 e. The average molecular weight is 257 g/mol. The van der Waals surface area contributed by atoms with Crippen LogP contribution in [0.4, 0.5) is 5.69 Å². The summed E-state index contributed by atoms with van der Waals surface area (Å²) in [4.78, 5) is 24.2. The molecule has 0 heterocycles. The van der Waals surface area contributed by atoms with Crippen molar-refractivity contribution in [3.8, 4) is 0 Å². The van der Waals surface area contributed by atoms with E-state index < -0.39 is 11.9 Å². The zero-order valence-corrected chi connectivity index (χ0v) is 11.1. The van der Waals surface area contributed by atoms with Gasteiger partial charge in [-0.2, -0.15) is 0 Å². The molecule has 0 fully saturated rings. The molecule has 0 bridgehead atoms. The summed E-state index contributed by atoms with van der Waals surface area (Å²) < 4.78 is 4.43. The van der Waals surface area contributed by atoms with Gasteiger partial charge in [0.1, 0.15) is 0 Å². The molecule has 0 spiro atoms. The van der Waals surface area contributed by atoms with Crippen LogP contribution in [0.15, 0.2) is 36.4 Å². The van der Waals surface area contributed by atoms with E-state index in [1.807, 2.05) is 37.3 Å². The molecule has 4 heteroatoms. The molecule has 4 nitrogen and oxygen atoms in total. The highest BCUT2D eigenvalue weighted by Gasteiger charge is 2.20. The van der Waals surface area contributed by atoms with Crippen LogP contribution in [0.25, 0.3) is 10.8 Å². The lowest BCUT2D eigenvalue weighted by atomic mass is 10.1. The van der Waals surface area contributed by atoms with Crippen molar-refractivity contribution < 1.29 is 14.3 Å². The maximum Gasteiger partial charge on any atom is 0.397 e. The number of carbonyl (C=O) groups is 2. The van der Waals surface area contributed by atoms with E-state index in [2.05, 4.69) is 10.8 Å². The number of aryl methyl sites for hydroxylation is 1. The quantitative estimate of drug-likeness (QED) is 0.581. The van der Waals surface area contributed by atoms with Gasteiger partial charge in [0.05, 0.1) is 7.11 Å². The van der Waals surface area contributed by atoms with Gasteiger partial charge in [-0.05, 0) is 29.8 Å². The van der Waals surface area contributed by atoms with E-state index in [1.54, 1.807) is 7.05 Å². The van der Waals surface area contributed by atoms with Crippen molar-refractivity contribution in [2.45, 2.75) is 6.92 Å². The Bertz CT molecular complexity index is 649. The number of methoxy groups -OCH3 is 1. The first-order valence-electron chi connectivity index (χ1n) is 5.89. The minimum absolute atomic E-state index is 0.659. The van der Waals surface area contributed by atoms with Crippen LogP contribution in [0.5, 0.6) is 0 Å². The fourth-order valence-electron chi connectivity index (χ4n) is 1.90. The maximum absolute atomic E-state index is 11.7. The maximum atomic E-state index is 11.7. The molecule has 0 aliphatic heterocycles. The Kier molecular flexibility index (Phi) is 3.51. The Morgan fingerprint density at radius 3 is 2.37 bits per heavy atom. The number of esters is 1. The summed E-state index contributed by atoms with van der Waals surface area (Å²) in [6, 6.07) is 11.7. The Hall–Kier alpha value is -2.36. The van der Waals surface area contributed by atoms with Crippen LogP contribution in [0, 0.1) is 6.92 Å². The van der Waals surface area contributed by atoms with Gasteiger partial charge in [0, 0.05) is 12.7 Å². The second-order valence-electron chi connectivity index (χ2n) is 4.39. The van der Waals surface area contributed by atoms with E-state index in [-0.39, 0.29) is 0 Å². The highest BCUT2D eigenvalue weighted by molar-refractivity contribution is 6.38. The third kappa shape index (κ3) is 2.57. The molecule has 19 heavy (non-hydrogen) atoms. The number of fused-ring (bicyclic) bond motifs is 1. The first-order valence-corrected chi connectivity index (χ1v) is 5.89. The first-order chi connectivity index (χ1) is 9.02. The van der Waals surface area contributed by atoms with Crippen molar-refractivity contribution in [3.63, 3.8) is 0 Å². The van der Waals surface area contributed by atoms with Crippen molar-refractivity contribution in [2.75, 3.05) is 19.1 Å². The summed E-state index contributed by atoms with van der Waals surface area (Å²) in [5.74, 6) is -1.56. The summed E-state index contributed by atoms with van der Waals surface area (Å²) in [6.45, 7) is 2.03. The van der Waals surface area contributed by atoms with Gasteiger partial charge in [-0.1, -0.05) is 29.8 Å². The van der Waals surface area contributed by atoms with Crippen LogP contribution in [-0.2, 0) is 14.3 Å². The van der Waals surface area contributed by atoms with E-state index in [4.69, 9.17) is 0 Å². The average Bonchev–Trinajstić information content (AvgIpc) is 2.44. The normalized spacial score (nSPS) is 10.3. The number of nitrogens with zero attached hydrogens (tertiary/aromatic N) is 1. The Morgan fingerprint density at radius 1 is 1.05 bits per heavy atom. The molecular formula is C15H15NO3. The second kappa shape index (κ2) is 5.10. The van der Waals surface area contributed by atoms with E-state index in [0.29, 0.717) is 5.69 Å². The summed E-state index contributed by atoms with van der Waals surface area (Å²) >= 11 is 0. The zero-order valence-electron chi connectivity index (χ0n) is 11.1. The fraction of sp³-hybridized carbons (Fsp3) is 0.200. The molecule has 98 valence electrons. The van der Waals surface area contributed by atoms with Gasteiger partial charge in [0.25, 0.3) is 0 Å². The highest BCUT2D eigenvalue weighted by atomic mass is 16.5. The van der Waals surface area contributed by atoms with Crippen LogP contribution in [-0.4, -0.2) is 26.0 Å². The lowest BCUT2D eigenvalue weighted by Crippen LogP contribution is -2.33. The number of anilines is 1. The van der Waals surface area contributed by atoms with Crippen molar-refractivity contribution >= 4 is 28.3 Å².